The van der Waals surface area contributed by atoms with Gasteiger partial charge in [0, 0.05) is 31.1 Å². The Morgan fingerprint density at radius 2 is 2.17 bits per heavy atom. The number of aromatic amines is 1. The van der Waals surface area contributed by atoms with Gasteiger partial charge in [0.15, 0.2) is 5.69 Å². The molecule has 128 valence electrons. The standard InChI is InChI=1S/C17H19F2N3O2/c1-9-6-13-15(10(2)24-9)20-21-16(13)17(23)22(3)8-11-7-12(18)4-5-14(11)19/h4-5,7,9-10H,6,8H2,1-3H3,(H,20,21)/t9-,10+/m1/s1. The lowest BCUT2D eigenvalue weighted by molar-refractivity contribution is -0.00701. The molecular formula is C17H19F2N3O2. The molecule has 0 unspecified atom stereocenters. The van der Waals surface area contributed by atoms with Crippen molar-refractivity contribution in [1.29, 1.82) is 0 Å². The summed E-state index contributed by atoms with van der Waals surface area (Å²) >= 11 is 0. The van der Waals surface area contributed by atoms with Crippen LogP contribution in [-0.4, -0.2) is 34.2 Å². The molecule has 0 saturated carbocycles. The topological polar surface area (TPSA) is 58.2 Å². The first-order valence-corrected chi connectivity index (χ1v) is 7.78. The van der Waals surface area contributed by atoms with Gasteiger partial charge in [-0.05, 0) is 32.0 Å². The summed E-state index contributed by atoms with van der Waals surface area (Å²) in [6, 6.07) is 3.20. The lowest BCUT2D eigenvalue weighted by atomic mass is 9.99. The van der Waals surface area contributed by atoms with Gasteiger partial charge in [0.2, 0.25) is 0 Å². The molecule has 1 aliphatic rings. The number of carbonyl (C=O) groups excluding carboxylic acids is 1. The van der Waals surface area contributed by atoms with E-state index < -0.39 is 11.6 Å². The minimum absolute atomic E-state index is 0.0115. The molecule has 1 amide bonds. The molecule has 0 radical (unpaired) electrons. The maximum absolute atomic E-state index is 13.8. The van der Waals surface area contributed by atoms with E-state index in [1.807, 2.05) is 13.8 Å². The van der Waals surface area contributed by atoms with Crippen molar-refractivity contribution in [2.24, 2.45) is 0 Å². The number of rotatable bonds is 3. The maximum atomic E-state index is 13.8. The Morgan fingerprint density at radius 3 is 2.92 bits per heavy atom. The Labute approximate surface area is 138 Å². The average molecular weight is 335 g/mol. The third-order valence-corrected chi connectivity index (χ3v) is 4.20. The van der Waals surface area contributed by atoms with Crippen molar-refractivity contribution in [3.8, 4) is 0 Å². The van der Waals surface area contributed by atoms with Crippen LogP contribution in [0.3, 0.4) is 0 Å². The normalized spacial score (nSPS) is 19.9. The summed E-state index contributed by atoms with van der Waals surface area (Å²) in [6.45, 7) is 3.80. The Bertz CT molecular complexity index is 775. The highest BCUT2D eigenvalue weighted by molar-refractivity contribution is 5.94. The lowest BCUT2D eigenvalue weighted by Crippen LogP contribution is -2.29. The molecule has 0 spiro atoms. The number of ether oxygens (including phenoxy) is 1. The van der Waals surface area contributed by atoms with Crippen LogP contribution in [0, 0.1) is 11.6 Å². The van der Waals surface area contributed by atoms with Crippen LogP contribution in [-0.2, 0) is 17.7 Å². The largest absolute Gasteiger partial charge is 0.369 e. The van der Waals surface area contributed by atoms with Gasteiger partial charge in [-0.3, -0.25) is 9.89 Å². The highest BCUT2D eigenvalue weighted by atomic mass is 19.1. The molecule has 1 aromatic heterocycles. The first-order chi connectivity index (χ1) is 11.4. The van der Waals surface area contributed by atoms with E-state index in [4.69, 9.17) is 4.74 Å². The summed E-state index contributed by atoms with van der Waals surface area (Å²) in [5, 5.41) is 6.98. The van der Waals surface area contributed by atoms with Gasteiger partial charge in [-0.25, -0.2) is 8.78 Å². The van der Waals surface area contributed by atoms with Gasteiger partial charge < -0.3 is 9.64 Å². The third kappa shape index (κ3) is 3.03. The fourth-order valence-corrected chi connectivity index (χ4v) is 3.02. The molecule has 0 aliphatic carbocycles. The van der Waals surface area contributed by atoms with Gasteiger partial charge in [0.1, 0.15) is 11.6 Å². The predicted octanol–water partition coefficient (Wildman–Crippen LogP) is 2.98. The summed E-state index contributed by atoms with van der Waals surface area (Å²) in [5.41, 5.74) is 2.06. The molecule has 1 aromatic carbocycles. The summed E-state index contributed by atoms with van der Waals surface area (Å²) in [6.07, 6.45) is 0.408. The second-order valence-electron chi connectivity index (χ2n) is 6.15. The van der Waals surface area contributed by atoms with Crippen LogP contribution in [0.4, 0.5) is 8.78 Å². The molecule has 0 fully saturated rings. The first kappa shape index (κ1) is 16.6. The number of fused-ring (bicyclic) bond motifs is 1. The average Bonchev–Trinajstić information content (AvgIpc) is 2.94. The number of carbonyl (C=O) groups is 1. The third-order valence-electron chi connectivity index (χ3n) is 4.20. The van der Waals surface area contributed by atoms with E-state index in [0.717, 1.165) is 29.5 Å². The van der Waals surface area contributed by atoms with Crippen molar-refractivity contribution in [2.45, 2.75) is 39.0 Å². The Balaban J connectivity index is 1.83. The number of H-pyrrole nitrogens is 1. The fraction of sp³-hybridized carbons (Fsp3) is 0.412. The molecule has 24 heavy (non-hydrogen) atoms. The zero-order valence-corrected chi connectivity index (χ0v) is 13.8. The molecule has 2 aromatic rings. The molecule has 1 N–H and O–H groups in total. The molecule has 0 bridgehead atoms. The number of nitrogens with one attached hydrogen (secondary N) is 1. The first-order valence-electron chi connectivity index (χ1n) is 7.78. The van der Waals surface area contributed by atoms with E-state index in [9.17, 15) is 13.6 Å². The van der Waals surface area contributed by atoms with Gasteiger partial charge in [-0.15, -0.1) is 0 Å². The van der Waals surface area contributed by atoms with Gasteiger partial charge >= 0.3 is 0 Å². The van der Waals surface area contributed by atoms with E-state index >= 15 is 0 Å². The van der Waals surface area contributed by atoms with E-state index in [1.54, 1.807) is 7.05 Å². The van der Waals surface area contributed by atoms with Crippen LogP contribution in [0.1, 0.15) is 47.3 Å². The number of aromatic nitrogens is 2. The number of nitrogens with zero attached hydrogens (tertiary/aromatic N) is 2. The van der Waals surface area contributed by atoms with Crippen molar-refractivity contribution in [3.05, 3.63) is 52.3 Å². The monoisotopic (exact) mass is 335 g/mol. The number of benzene rings is 1. The molecule has 2 atom stereocenters. The van der Waals surface area contributed by atoms with Gasteiger partial charge in [0.05, 0.1) is 17.9 Å². The quantitative estimate of drug-likeness (QED) is 0.938. The van der Waals surface area contributed by atoms with Crippen LogP contribution >= 0.6 is 0 Å². The van der Waals surface area contributed by atoms with Crippen molar-refractivity contribution in [1.82, 2.24) is 15.1 Å². The molecular weight excluding hydrogens is 316 g/mol. The highest BCUT2D eigenvalue weighted by Crippen LogP contribution is 2.30. The van der Waals surface area contributed by atoms with E-state index in [0.29, 0.717) is 12.1 Å². The van der Waals surface area contributed by atoms with E-state index in [1.165, 1.54) is 4.90 Å². The SMILES string of the molecule is C[C@@H]1Cc2c(C(=O)N(C)Cc3cc(F)ccc3F)n[nH]c2[C@H](C)O1. The zero-order chi connectivity index (χ0) is 17.4. The molecule has 3 rings (SSSR count). The van der Waals surface area contributed by atoms with Crippen molar-refractivity contribution in [2.75, 3.05) is 7.05 Å². The van der Waals surface area contributed by atoms with Crippen molar-refractivity contribution < 1.29 is 18.3 Å². The molecule has 2 heterocycles. The second kappa shape index (κ2) is 6.32. The summed E-state index contributed by atoms with van der Waals surface area (Å²) in [7, 11) is 1.54. The molecule has 0 saturated heterocycles. The maximum Gasteiger partial charge on any atom is 0.274 e. The van der Waals surface area contributed by atoms with Crippen molar-refractivity contribution in [3.63, 3.8) is 0 Å². The zero-order valence-electron chi connectivity index (χ0n) is 13.8. The summed E-state index contributed by atoms with van der Waals surface area (Å²) < 4.78 is 32.8. The van der Waals surface area contributed by atoms with Crippen LogP contribution < -0.4 is 0 Å². The van der Waals surface area contributed by atoms with Crippen LogP contribution in [0.2, 0.25) is 0 Å². The number of hydrogen-bond donors (Lipinski definition) is 1. The van der Waals surface area contributed by atoms with Gasteiger partial charge in [-0.2, -0.15) is 5.10 Å². The number of amides is 1. The van der Waals surface area contributed by atoms with E-state index in [-0.39, 0.29) is 30.2 Å². The van der Waals surface area contributed by atoms with Crippen molar-refractivity contribution >= 4 is 5.91 Å². The number of halogens is 2. The summed E-state index contributed by atoms with van der Waals surface area (Å²) in [4.78, 5) is 14.0. The number of hydrogen-bond acceptors (Lipinski definition) is 3. The minimum Gasteiger partial charge on any atom is -0.369 e. The minimum atomic E-state index is -0.546. The van der Waals surface area contributed by atoms with Gasteiger partial charge in [-0.1, -0.05) is 0 Å². The highest BCUT2D eigenvalue weighted by Gasteiger charge is 2.30. The molecule has 7 heteroatoms. The van der Waals surface area contributed by atoms with Crippen LogP contribution in [0.5, 0.6) is 0 Å². The van der Waals surface area contributed by atoms with Gasteiger partial charge in [0.25, 0.3) is 5.91 Å². The molecule has 1 aliphatic heterocycles. The Hall–Kier alpha value is -2.28. The Morgan fingerprint density at radius 1 is 1.42 bits per heavy atom. The smallest absolute Gasteiger partial charge is 0.274 e. The predicted molar refractivity (Wildman–Crippen MR) is 83.4 cm³/mol. The second-order valence-corrected chi connectivity index (χ2v) is 6.15. The van der Waals surface area contributed by atoms with E-state index in [2.05, 4.69) is 10.2 Å². The van der Waals surface area contributed by atoms with Crippen LogP contribution in [0.15, 0.2) is 18.2 Å². The Kier molecular flexibility index (Phi) is 4.36. The lowest BCUT2D eigenvalue weighted by Gasteiger charge is -2.25. The van der Waals surface area contributed by atoms with Crippen LogP contribution in [0.25, 0.3) is 0 Å². The molecule has 5 nitrogen and oxygen atoms in total. The summed E-state index contributed by atoms with van der Waals surface area (Å²) in [5.74, 6) is -1.42. The fourth-order valence-electron chi connectivity index (χ4n) is 3.02.